The summed E-state index contributed by atoms with van der Waals surface area (Å²) in [7, 11) is -8.49. The van der Waals surface area contributed by atoms with Gasteiger partial charge < -0.3 is 19.0 Å². The molecule has 15 nitrogen and oxygen atoms in total. The van der Waals surface area contributed by atoms with Crippen LogP contribution in [0.4, 0.5) is 0 Å². The molecule has 0 spiro atoms. The quantitative estimate of drug-likeness (QED) is 0.164. The third-order valence-corrected chi connectivity index (χ3v) is 9.31. The molecule has 3 aromatic rings. The number of fused-ring (bicyclic) bond motifs is 1. The number of H-pyrrole nitrogens is 1. The molecule has 0 bridgehead atoms. The summed E-state index contributed by atoms with van der Waals surface area (Å²) in [5.41, 5.74) is 2.29. The minimum atomic E-state index is -4.67. The molecule has 1 saturated heterocycles. The maximum Gasteiger partial charge on any atom is 0.394 e. The Balaban J connectivity index is 0.00000111. The van der Waals surface area contributed by atoms with Crippen LogP contribution in [0.3, 0.4) is 0 Å². The van der Waals surface area contributed by atoms with E-state index in [1.54, 1.807) is 18.2 Å². The fourth-order valence-corrected chi connectivity index (χ4v) is 6.65. The second-order valence-electron chi connectivity index (χ2n) is 11.0. The van der Waals surface area contributed by atoms with Crippen LogP contribution in [-0.2, 0) is 42.9 Å². The Hall–Kier alpha value is -3.35. The molecule has 1 aromatic carbocycles. The number of piperazine rings is 1. The second kappa shape index (κ2) is 17.2. The molecule has 1 fully saturated rings. The van der Waals surface area contributed by atoms with Crippen molar-refractivity contribution >= 4 is 37.4 Å². The van der Waals surface area contributed by atoms with Gasteiger partial charge in [-0.3, -0.25) is 23.6 Å². The first-order valence-electron chi connectivity index (χ1n) is 15.7. The molecule has 2 aromatic heterocycles. The van der Waals surface area contributed by atoms with Gasteiger partial charge in [0.15, 0.2) is 0 Å². The normalized spacial score (nSPS) is 14.5. The van der Waals surface area contributed by atoms with Crippen LogP contribution in [0, 0.1) is 0 Å². The summed E-state index contributed by atoms with van der Waals surface area (Å²) in [6, 6.07) is 4.75. The summed E-state index contributed by atoms with van der Waals surface area (Å²) in [6.07, 6.45) is 5.58. The number of rotatable bonds is 14. The fraction of sp³-hybridized carbons (Fsp3) is 0.567. The van der Waals surface area contributed by atoms with E-state index >= 15 is 0 Å². The van der Waals surface area contributed by atoms with Crippen molar-refractivity contribution < 1.29 is 40.2 Å². The molecule has 1 aliphatic rings. The van der Waals surface area contributed by atoms with Crippen molar-refractivity contribution in [2.24, 2.45) is 0 Å². The number of carbonyl (C=O) groups excluding carboxylic acids is 1. The van der Waals surface area contributed by atoms with Crippen LogP contribution in [0.15, 0.2) is 34.1 Å². The van der Waals surface area contributed by atoms with Crippen molar-refractivity contribution in [2.45, 2.75) is 71.2 Å². The molecule has 3 heterocycles. The Labute approximate surface area is 275 Å². The van der Waals surface area contributed by atoms with E-state index in [0.717, 1.165) is 31.2 Å². The first-order chi connectivity index (χ1) is 22.2. The number of sulfonamides is 1. The van der Waals surface area contributed by atoms with Crippen molar-refractivity contribution in [3.05, 3.63) is 40.3 Å². The van der Waals surface area contributed by atoms with Gasteiger partial charge >= 0.3 is 16.4 Å². The number of nitrogens with zero attached hydrogens (tertiary/aromatic N) is 4. The number of esters is 1. The number of carbonyl (C=O) groups is 1. The molecule has 0 aliphatic carbocycles. The molecule has 1 aliphatic heterocycles. The maximum absolute atomic E-state index is 13.7. The molecule has 0 unspecified atom stereocenters. The molecule has 17 heteroatoms. The standard InChI is InChI=1S/C30H43N5O6S.H2O4S/c1-5-9-22-21-34(8-4)28-27(22)31-29(32-30(28)37)24-20-23(11-12-25(24)40-18-7-3)42(38,39)35-15-13-33(14-16-35)17-19-41-26(36)10-6-2;1-5(2,3)4/h11-12,20-21H,5-10,13-19H2,1-4H3,(H,31,32,37);(H2,1,2,3,4). The lowest BCUT2D eigenvalue weighted by Gasteiger charge is -2.33. The molecule has 4 rings (SSSR count). The van der Waals surface area contributed by atoms with Gasteiger partial charge in [0.05, 0.1) is 22.6 Å². The summed E-state index contributed by atoms with van der Waals surface area (Å²) in [5.74, 6) is 0.539. The number of ether oxygens (including phenoxy) is 2. The van der Waals surface area contributed by atoms with Gasteiger partial charge in [-0.25, -0.2) is 13.4 Å². The minimum Gasteiger partial charge on any atom is -0.493 e. The summed E-state index contributed by atoms with van der Waals surface area (Å²) in [5, 5.41) is 0. The molecule has 3 N–H and O–H groups in total. The summed E-state index contributed by atoms with van der Waals surface area (Å²) in [6.45, 7) is 11.6. The largest absolute Gasteiger partial charge is 0.493 e. The molecule has 0 saturated carbocycles. The van der Waals surface area contributed by atoms with Crippen molar-refractivity contribution in [1.82, 2.24) is 23.7 Å². The zero-order valence-electron chi connectivity index (χ0n) is 27.3. The van der Waals surface area contributed by atoms with Crippen LogP contribution in [0.2, 0.25) is 0 Å². The van der Waals surface area contributed by atoms with E-state index in [4.69, 9.17) is 32.0 Å². The predicted molar refractivity (Wildman–Crippen MR) is 176 cm³/mol. The molecule has 0 atom stereocenters. The Morgan fingerprint density at radius 1 is 0.979 bits per heavy atom. The highest BCUT2D eigenvalue weighted by molar-refractivity contribution is 7.89. The number of hydrogen-bond acceptors (Lipinski definition) is 10. The molecule has 0 amide bonds. The second-order valence-corrected chi connectivity index (χ2v) is 13.8. The third-order valence-electron chi connectivity index (χ3n) is 7.42. The van der Waals surface area contributed by atoms with Gasteiger partial charge in [0, 0.05) is 51.9 Å². The summed E-state index contributed by atoms with van der Waals surface area (Å²) in [4.78, 5) is 34.9. The highest BCUT2D eigenvalue weighted by atomic mass is 32.3. The van der Waals surface area contributed by atoms with Gasteiger partial charge in [-0.05, 0) is 49.9 Å². The van der Waals surface area contributed by atoms with Crippen LogP contribution in [0.1, 0.15) is 58.9 Å². The van der Waals surface area contributed by atoms with Crippen molar-refractivity contribution in [2.75, 3.05) is 45.9 Å². The van der Waals surface area contributed by atoms with Crippen molar-refractivity contribution in [1.29, 1.82) is 0 Å². The van der Waals surface area contributed by atoms with Gasteiger partial charge in [0.25, 0.3) is 5.56 Å². The third kappa shape index (κ3) is 10.6. The van der Waals surface area contributed by atoms with E-state index in [1.807, 2.05) is 31.5 Å². The molecule has 47 heavy (non-hydrogen) atoms. The van der Waals surface area contributed by atoms with Crippen LogP contribution in [0.5, 0.6) is 5.75 Å². The Morgan fingerprint density at radius 2 is 1.66 bits per heavy atom. The lowest BCUT2D eigenvalue weighted by atomic mass is 10.1. The minimum absolute atomic E-state index is 0.117. The first kappa shape index (κ1) is 38.1. The van der Waals surface area contributed by atoms with Gasteiger partial charge in [0.2, 0.25) is 10.0 Å². The van der Waals surface area contributed by atoms with Crippen LogP contribution in [0.25, 0.3) is 22.4 Å². The van der Waals surface area contributed by atoms with E-state index in [2.05, 4.69) is 16.8 Å². The van der Waals surface area contributed by atoms with Gasteiger partial charge in [-0.2, -0.15) is 12.7 Å². The van der Waals surface area contributed by atoms with Gasteiger partial charge in [0.1, 0.15) is 23.7 Å². The monoisotopic (exact) mass is 699 g/mol. The predicted octanol–water partition coefficient (Wildman–Crippen LogP) is 3.15. The number of nitrogens with one attached hydrogen (secondary N) is 1. The number of benzene rings is 1. The molecule has 262 valence electrons. The van der Waals surface area contributed by atoms with Gasteiger partial charge in [-0.1, -0.05) is 27.2 Å². The highest BCUT2D eigenvalue weighted by Crippen LogP contribution is 2.33. The highest BCUT2D eigenvalue weighted by Gasteiger charge is 2.30. The van der Waals surface area contributed by atoms with Crippen molar-refractivity contribution in [3.63, 3.8) is 0 Å². The zero-order valence-corrected chi connectivity index (χ0v) is 28.9. The molecular formula is C30H45N5O10S2. The average Bonchev–Trinajstić information content (AvgIpc) is 3.37. The lowest BCUT2D eigenvalue weighted by Crippen LogP contribution is -2.49. The Bertz CT molecular complexity index is 1770. The van der Waals surface area contributed by atoms with E-state index in [-0.39, 0.29) is 22.2 Å². The van der Waals surface area contributed by atoms with E-state index in [0.29, 0.717) is 81.2 Å². The van der Waals surface area contributed by atoms with Crippen LogP contribution < -0.4 is 10.3 Å². The lowest BCUT2D eigenvalue weighted by molar-refractivity contribution is -0.144. The Kier molecular flexibility index (Phi) is 13.9. The number of aromatic amines is 1. The molecule has 0 radical (unpaired) electrons. The maximum atomic E-state index is 13.7. The fourth-order valence-electron chi connectivity index (χ4n) is 5.20. The SMILES string of the molecule is CCCOc1ccc(S(=O)(=O)N2CCN(CCOC(=O)CCC)CC2)cc1-c1nc2c(CCC)cn(CC)c2c(=O)[nH]1.O=S(=O)(O)O. The van der Waals surface area contributed by atoms with Crippen LogP contribution in [-0.4, -0.2) is 102 Å². The summed E-state index contributed by atoms with van der Waals surface area (Å²) >= 11 is 0. The van der Waals surface area contributed by atoms with E-state index in [9.17, 15) is 18.0 Å². The van der Waals surface area contributed by atoms with Crippen LogP contribution >= 0.6 is 0 Å². The summed E-state index contributed by atoms with van der Waals surface area (Å²) < 4.78 is 73.7. The number of aryl methyl sites for hydroxylation is 2. The van der Waals surface area contributed by atoms with Gasteiger partial charge in [-0.15, -0.1) is 0 Å². The first-order valence-corrected chi connectivity index (χ1v) is 18.5. The molecular weight excluding hydrogens is 654 g/mol. The zero-order chi connectivity index (χ0) is 34.8. The topological polar surface area (TPSA) is 201 Å². The smallest absolute Gasteiger partial charge is 0.394 e. The van der Waals surface area contributed by atoms with E-state index < -0.39 is 20.4 Å². The van der Waals surface area contributed by atoms with Crippen molar-refractivity contribution in [3.8, 4) is 17.1 Å². The number of hydrogen-bond donors (Lipinski definition) is 3. The van der Waals surface area contributed by atoms with E-state index in [1.165, 1.54) is 4.31 Å². The average molecular weight is 700 g/mol. The Morgan fingerprint density at radius 3 is 2.26 bits per heavy atom. The number of aromatic nitrogens is 3.